The molecule has 6 heteroatoms. The zero-order chi connectivity index (χ0) is 17.1. The first kappa shape index (κ1) is 18.5. The third-order valence-corrected chi connectivity index (χ3v) is 5.10. The average molecular weight is 328 g/mol. The van der Waals surface area contributed by atoms with Gasteiger partial charge in [-0.15, -0.1) is 0 Å². The third-order valence-electron chi connectivity index (χ3n) is 5.10. The fourth-order valence-electron chi connectivity index (χ4n) is 3.72. The van der Waals surface area contributed by atoms with Gasteiger partial charge in [0.25, 0.3) is 0 Å². The maximum atomic E-state index is 12.5. The second-order valence-corrected chi connectivity index (χ2v) is 6.62. The zero-order valence-corrected chi connectivity index (χ0v) is 13.8. The molecule has 0 saturated carbocycles. The summed E-state index contributed by atoms with van der Waals surface area (Å²) in [6.07, 6.45) is -1.09. The Morgan fingerprint density at radius 3 is 2.43 bits per heavy atom. The predicted octanol–water partition coefficient (Wildman–Crippen LogP) is 0.170. The smallest absolute Gasteiger partial charge is 0.161 e. The molecule has 2 aliphatic rings. The van der Waals surface area contributed by atoms with Crippen LogP contribution in [0.3, 0.4) is 0 Å². The molecule has 1 aliphatic carbocycles. The minimum Gasteiger partial charge on any atom is -0.394 e. The van der Waals surface area contributed by atoms with E-state index in [0.29, 0.717) is 17.9 Å². The lowest BCUT2D eigenvalue weighted by Gasteiger charge is -2.42. The van der Waals surface area contributed by atoms with Gasteiger partial charge < -0.3 is 25.2 Å². The van der Waals surface area contributed by atoms with E-state index in [-0.39, 0.29) is 11.7 Å². The van der Waals surface area contributed by atoms with E-state index in [1.54, 1.807) is 0 Å². The summed E-state index contributed by atoms with van der Waals surface area (Å²) >= 11 is 0. The van der Waals surface area contributed by atoms with Gasteiger partial charge in [-0.2, -0.15) is 0 Å². The minimum atomic E-state index is -1.45. The Hall–Kier alpha value is -0.790. The summed E-state index contributed by atoms with van der Waals surface area (Å²) in [6.45, 7) is 3.66. The molecule has 23 heavy (non-hydrogen) atoms. The van der Waals surface area contributed by atoms with Crippen molar-refractivity contribution >= 4 is 5.78 Å². The van der Waals surface area contributed by atoms with Crippen molar-refractivity contribution in [2.75, 3.05) is 6.61 Å². The van der Waals surface area contributed by atoms with E-state index >= 15 is 0 Å². The van der Waals surface area contributed by atoms with Crippen LogP contribution in [0.25, 0.3) is 0 Å². The average Bonchev–Trinajstić information content (AvgIpc) is 2.54. The molecule has 1 heterocycles. The Kier molecular flexibility index (Phi) is 6.33. The maximum absolute atomic E-state index is 12.5. The molecular weight excluding hydrogens is 300 g/mol. The highest BCUT2D eigenvalue weighted by molar-refractivity contribution is 5.97. The van der Waals surface area contributed by atoms with Gasteiger partial charge in [-0.1, -0.05) is 26.3 Å². The second kappa shape index (κ2) is 7.85. The summed E-state index contributed by atoms with van der Waals surface area (Å²) in [4.78, 5) is 12.5. The van der Waals surface area contributed by atoms with Crippen molar-refractivity contribution in [2.24, 2.45) is 11.8 Å². The number of ether oxygens (including phenoxy) is 1. The van der Waals surface area contributed by atoms with Crippen LogP contribution in [0.2, 0.25) is 0 Å². The van der Waals surface area contributed by atoms with Crippen molar-refractivity contribution < 1.29 is 30.0 Å². The Morgan fingerprint density at radius 1 is 1.17 bits per heavy atom. The fraction of sp³-hybridized carbons (Fsp3) is 0.824. The molecule has 1 saturated heterocycles. The molecular formula is C17H28O6. The minimum absolute atomic E-state index is 0.0857. The summed E-state index contributed by atoms with van der Waals surface area (Å²) in [6, 6.07) is 0. The van der Waals surface area contributed by atoms with Crippen molar-refractivity contribution in [2.45, 2.75) is 70.1 Å². The molecule has 5 unspecified atom stereocenters. The standard InChI is InChI=1S/C17H28O6/c1-3-5-10-7-12(19)11(6-9(10)4-2)17-16(22)15(21)14(20)13(8-18)23-17/h6,9-10,13-18,20-22H,3-5,7-8H2,1-2H3/t9-,10-,13?,14?,15?,16?,17?/m0/s1. The van der Waals surface area contributed by atoms with Crippen LogP contribution >= 0.6 is 0 Å². The number of rotatable bonds is 5. The first-order chi connectivity index (χ1) is 10.9. The van der Waals surface area contributed by atoms with Crippen molar-refractivity contribution in [1.82, 2.24) is 0 Å². The van der Waals surface area contributed by atoms with Gasteiger partial charge in [-0.3, -0.25) is 4.79 Å². The number of aliphatic hydroxyl groups is 4. The highest BCUT2D eigenvalue weighted by Gasteiger charge is 2.47. The van der Waals surface area contributed by atoms with Crippen LogP contribution in [0.15, 0.2) is 11.6 Å². The molecule has 2 rings (SSSR count). The number of aliphatic hydroxyl groups excluding tert-OH is 4. The van der Waals surface area contributed by atoms with Crippen molar-refractivity contribution in [1.29, 1.82) is 0 Å². The van der Waals surface area contributed by atoms with Crippen LogP contribution < -0.4 is 0 Å². The van der Waals surface area contributed by atoms with Crippen LogP contribution in [0.1, 0.15) is 39.5 Å². The largest absolute Gasteiger partial charge is 0.394 e. The number of hydrogen-bond acceptors (Lipinski definition) is 6. The molecule has 7 atom stereocenters. The molecule has 1 fully saturated rings. The molecule has 0 aromatic carbocycles. The van der Waals surface area contributed by atoms with Gasteiger partial charge in [0, 0.05) is 12.0 Å². The normalized spacial score (nSPS) is 41.7. The molecule has 6 nitrogen and oxygen atoms in total. The number of ketones is 1. The quantitative estimate of drug-likeness (QED) is 0.573. The summed E-state index contributed by atoms with van der Waals surface area (Å²) in [5.74, 6) is 0.443. The van der Waals surface area contributed by atoms with Crippen LogP contribution in [0.5, 0.6) is 0 Å². The van der Waals surface area contributed by atoms with E-state index in [1.165, 1.54) is 0 Å². The molecule has 0 aromatic heterocycles. The van der Waals surface area contributed by atoms with Crippen LogP contribution in [-0.4, -0.2) is 63.3 Å². The van der Waals surface area contributed by atoms with Crippen LogP contribution in [0.4, 0.5) is 0 Å². The van der Waals surface area contributed by atoms with Crippen molar-refractivity contribution in [3.8, 4) is 0 Å². The summed E-state index contributed by atoms with van der Waals surface area (Å²) in [5, 5.41) is 39.3. The Morgan fingerprint density at radius 2 is 1.87 bits per heavy atom. The number of carbonyl (C=O) groups excluding carboxylic acids is 1. The monoisotopic (exact) mass is 328 g/mol. The summed E-state index contributed by atoms with van der Waals surface area (Å²) < 4.78 is 5.53. The number of carbonyl (C=O) groups is 1. The SMILES string of the molecule is CCC[C@H]1CC(=O)C(C2OC(CO)C(O)C(O)C2O)=C[C@@H]1CC. The maximum Gasteiger partial charge on any atom is 0.161 e. The number of allylic oxidation sites excluding steroid dienone is 1. The molecule has 132 valence electrons. The molecule has 0 aromatic rings. The molecule has 0 bridgehead atoms. The van der Waals surface area contributed by atoms with Crippen LogP contribution in [0, 0.1) is 11.8 Å². The van der Waals surface area contributed by atoms with E-state index in [0.717, 1.165) is 19.3 Å². The van der Waals surface area contributed by atoms with Gasteiger partial charge in [0.05, 0.1) is 6.61 Å². The first-order valence-corrected chi connectivity index (χ1v) is 8.49. The molecule has 4 N–H and O–H groups in total. The molecule has 0 spiro atoms. The summed E-state index contributed by atoms with van der Waals surface area (Å²) in [5.41, 5.74) is 0.362. The van der Waals surface area contributed by atoms with Gasteiger partial charge in [0.1, 0.15) is 30.5 Å². The van der Waals surface area contributed by atoms with Gasteiger partial charge in [0.15, 0.2) is 5.78 Å². The highest BCUT2D eigenvalue weighted by atomic mass is 16.5. The second-order valence-electron chi connectivity index (χ2n) is 6.62. The Balaban J connectivity index is 2.26. The molecule has 1 aliphatic heterocycles. The van der Waals surface area contributed by atoms with E-state index in [9.17, 15) is 25.2 Å². The Labute approximate surface area is 136 Å². The van der Waals surface area contributed by atoms with Gasteiger partial charge in [-0.25, -0.2) is 0 Å². The van der Waals surface area contributed by atoms with Gasteiger partial charge >= 0.3 is 0 Å². The predicted molar refractivity (Wildman–Crippen MR) is 83.7 cm³/mol. The molecule has 0 radical (unpaired) electrons. The zero-order valence-electron chi connectivity index (χ0n) is 13.8. The Bertz CT molecular complexity index is 446. The van der Waals surface area contributed by atoms with E-state index < -0.39 is 37.1 Å². The lowest BCUT2D eigenvalue weighted by Crippen LogP contribution is -2.59. The fourth-order valence-corrected chi connectivity index (χ4v) is 3.72. The van der Waals surface area contributed by atoms with Crippen molar-refractivity contribution in [3.63, 3.8) is 0 Å². The molecule has 0 amide bonds. The van der Waals surface area contributed by atoms with Crippen molar-refractivity contribution in [3.05, 3.63) is 11.6 Å². The lowest BCUT2D eigenvalue weighted by molar-refractivity contribution is -0.220. The first-order valence-electron chi connectivity index (χ1n) is 8.49. The van der Waals surface area contributed by atoms with Gasteiger partial charge in [0.2, 0.25) is 0 Å². The van der Waals surface area contributed by atoms with Crippen LogP contribution in [-0.2, 0) is 9.53 Å². The highest BCUT2D eigenvalue weighted by Crippen LogP contribution is 2.36. The topological polar surface area (TPSA) is 107 Å². The summed E-state index contributed by atoms with van der Waals surface area (Å²) in [7, 11) is 0. The van der Waals surface area contributed by atoms with E-state index in [4.69, 9.17) is 4.74 Å². The number of Topliss-reactive ketones (excluding diaryl/α,β-unsaturated/α-hetero) is 1. The third kappa shape index (κ3) is 3.67. The van der Waals surface area contributed by atoms with E-state index in [1.807, 2.05) is 6.08 Å². The lowest BCUT2D eigenvalue weighted by atomic mass is 9.74. The number of hydrogen-bond donors (Lipinski definition) is 4. The van der Waals surface area contributed by atoms with E-state index in [2.05, 4.69) is 13.8 Å². The van der Waals surface area contributed by atoms with Gasteiger partial charge in [-0.05, 0) is 24.7 Å².